The number of carboxylic acid groups (broad SMARTS) is 2. The first kappa shape index (κ1) is 27.7. The van der Waals surface area contributed by atoms with Crippen molar-refractivity contribution in [3.63, 3.8) is 0 Å². The Bertz CT molecular complexity index is 889. The van der Waals surface area contributed by atoms with Crippen LogP contribution in [0.2, 0.25) is 0 Å². The minimum absolute atomic E-state index is 0.0837. The highest BCUT2D eigenvalue weighted by Gasteiger charge is 2.61. The smallest absolute Gasteiger partial charge is 0.342 e. The van der Waals surface area contributed by atoms with Crippen molar-refractivity contribution in [3.05, 3.63) is 11.0 Å². The summed E-state index contributed by atoms with van der Waals surface area (Å²) in [5.41, 5.74) is 6.46. The number of nitrogens with zero attached hydrogens (tertiary/aromatic N) is 1. The zero-order valence-electron chi connectivity index (χ0n) is 20.9. The third kappa shape index (κ3) is 5.61. The molecule has 0 radical (unpaired) electrons. The number of hydrogen-bond donors (Lipinski definition) is 4. The predicted molar refractivity (Wildman–Crippen MR) is 135 cm³/mol. The van der Waals surface area contributed by atoms with Gasteiger partial charge in [-0.2, -0.15) is 0 Å². The molecule has 4 aliphatic rings. The van der Waals surface area contributed by atoms with Crippen LogP contribution in [-0.4, -0.2) is 51.2 Å². The van der Waals surface area contributed by atoms with Gasteiger partial charge in [-0.1, -0.05) is 31.8 Å². The molecule has 0 heterocycles. The van der Waals surface area contributed by atoms with Crippen molar-refractivity contribution in [1.82, 2.24) is 0 Å². The third-order valence-electron chi connectivity index (χ3n) is 9.29. The molecular formula is C26H40N2O6S. The molecule has 4 rings (SSSR count). The van der Waals surface area contributed by atoms with E-state index in [9.17, 15) is 19.6 Å². The van der Waals surface area contributed by atoms with Gasteiger partial charge in [0.05, 0.1) is 10.6 Å². The summed E-state index contributed by atoms with van der Waals surface area (Å²) >= 11 is 0.983. The van der Waals surface area contributed by atoms with Gasteiger partial charge in [0.1, 0.15) is 5.78 Å². The highest BCUT2D eigenvalue weighted by molar-refractivity contribution is 8.03. The number of carbonyl (C=O) groups excluding carboxylic acids is 1. The minimum atomic E-state index is -1.25. The number of hydrogen-bond acceptors (Lipinski definition) is 7. The molecule has 0 bridgehead atoms. The first-order valence-electron chi connectivity index (χ1n) is 12.8. The van der Waals surface area contributed by atoms with Gasteiger partial charge in [0.2, 0.25) is 0 Å². The van der Waals surface area contributed by atoms with Gasteiger partial charge in [0, 0.05) is 23.8 Å². The van der Waals surface area contributed by atoms with Gasteiger partial charge in [0.15, 0.2) is 0 Å². The summed E-state index contributed by atoms with van der Waals surface area (Å²) in [6.07, 6.45) is 11.5. The molecule has 0 spiro atoms. The molecule has 5 N–H and O–H groups in total. The topological polar surface area (TPSA) is 150 Å². The summed E-state index contributed by atoms with van der Waals surface area (Å²) in [4.78, 5) is 32.9. The second-order valence-corrected chi connectivity index (χ2v) is 12.2. The largest absolute Gasteiger partial charge is 0.478 e. The standard InChI is InChI=1S/C19H29NO2.C7H11NO4S/c1-18-9-4-3-5-15(18)16(20-22)11-12-13-6-7-17(21)19(13,2)10-8-14(12)18;8-2-1-3-13-5(7(11)12)4-6(9)10/h12-15,22H,3-11H2,1-2H3;4H,1-3,8H2,(H,9,10)(H,11,12)/b20-16+;5-4-/t12-,13-,14-,15?,18+,19-;/m0./s1. The van der Waals surface area contributed by atoms with Gasteiger partial charge in [-0.3, -0.25) is 4.79 Å². The molecule has 35 heavy (non-hydrogen) atoms. The molecular weight excluding hydrogens is 468 g/mol. The van der Waals surface area contributed by atoms with Crippen LogP contribution in [0.5, 0.6) is 0 Å². The molecule has 0 aromatic heterocycles. The number of carboxylic acids is 2. The number of fused-ring (bicyclic) bond motifs is 5. The van der Waals surface area contributed by atoms with Gasteiger partial charge in [-0.15, -0.1) is 11.8 Å². The average Bonchev–Trinajstić information content (AvgIpc) is 3.12. The summed E-state index contributed by atoms with van der Waals surface area (Å²) in [5, 5.41) is 30.2. The van der Waals surface area contributed by atoms with E-state index in [-0.39, 0.29) is 10.3 Å². The molecule has 9 heteroatoms. The fourth-order valence-electron chi connectivity index (χ4n) is 7.55. The molecule has 0 aromatic carbocycles. The monoisotopic (exact) mass is 508 g/mol. The molecule has 1 unspecified atom stereocenters. The quantitative estimate of drug-likeness (QED) is 0.177. The molecule has 0 aliphatic heterocycles. The number of nitrogens with two attached hydrogens (primary N) is 1. The Hall–Kier alpha value is -1.87. The lowest BCUT2D eigenvalue weighted by Crippen LogP contribution is -2.55. The van der Waals surface area contributed by atoms with Crippen molar-refractivity contribution in [2.75, 3.05) is 12.3 Å². The highest BCUT2D eigenvalue weighted by atomic mass is 32.2. The fourth-order valence-corrected chi connectivity index (χ4v) is 8.39. The Labute approximate surface area is 211 Å². The minimum Gasteiger partial charge on any atom is -0.478 e. The summed E-state index contributed by atoms with van der Waals surface area (Å²) in [6, 6.07) is 0. The van der Waals surface area contributed by atoms with Gasteiger partial charge in [0.25, 0.3) is 0 Å². The van der Waals surface area contributed by atoms with Crippen LogP contribution < -0.4 is 5.73 Å². The molecule has 0 saturated heterocycles. The van der Waals surface area contributed by atoms with Crippen LogP contribution in [0.3, 0.4) is 0 Å². The molecule has 6 atom stereocenters. The lowest BCUT2D eigenvalue weighted by molar-refractivity contribution is -0.134. The number of Topliss-reactive ketones (excluding diaryl/α,β-unsaturated/α-hetero) is 1. The maximum atomic E-state index is 12.4. The Kier molecular flexibility index (Phi) is 9.07. The molecule has 4 fully saturated rings. The Morgan fingerprint density at radius 2 is 1.89 bits per heavy atom. The van der Waals surface area contributed by atoms with Crippen LogP contribution in [0.15, 0.2) is 16.1 Å². The van der Waals surface area contributed by atoms with E-state index in [2.05, 4.69) is 19.0 Å². The van der Waals surface area contributed by atoms with Crippen molar-refractivity contribution < 1.29 is 29.8 Å². The maximum Gasteiger partial charge on any atom is 0.342 e. The van der Waals surface area contributed by atoms with Crippen molar-refractivity contribution >= 4 is 35.2 Å². The zero-order chi connectivity index (χ0) is 25.8. The maximum absolute atomic E-state index is 12.4. The van der Waals surface area contributed by atoms with Crippen LogP contribution in [0.25, 0.3) is 0 Å². The number of rotatable bonds is 6. The van der Waals surface area contributed by atoms with E-state index in [1.165, 1.54) is 32.1 Å². The molecule has 0 aromatic rings. The first-order valence-corrected chi connectivity index (χ1v) is 13.8. The number of thioether (sulfide) groups is 1. The number of oxime groups is 1. The molecule has 4 saturated carbocycles. The van der Waals surface area contributed by atoms with E-state index < -0.39 is 11.9 Å². The van der Waals surface area contributed by atoms with Crippen molar-refractivity contribution in [2.24, 2.45) is 45.4 Å². The number of carbonyl (C=O) groups is 3. The molecule has 4 aliphatic carbocycles. The van der Waals surface area contributed by atoms with Crippen molar-refractivity contribution in [2.45, 2.75) is 78.1 Å². The molecule has 0 amide bonds. The third-order valence-corrected chi connectivity index (χ3v) is 10.4. The summed E-state index contributed by atoms with van der Waals surface area (Å²) < 4.78 is 0. The van der Waals surface area contributed by atoms with E-state index >= 15 is 0 Å². The van der Waals surface area contributed by atoms with Gasteiger partial charge >= 0.3 is 11.9 Å². The second kappa shape index (κ2) is 11.5. The first-order chi connectivity index (χ1) is 16.6. The van der Waals surface area contributed by atoms with Crippen LogP contribution >= 0.6 is 11.8 Å². The molecule has 196 valence electrons. The highest BCUT2D eigenvalue weighted by Crippen LogP contribution is 2.64. The Balaban J connectivity index is 0.000000228. The summed E-state index contributed by atoms with van der Waals surface area (Å²) in [7, 11) is 0. The van der Waals surface area contributed by atoms with E-state index in [0.717, 1.165) is 49.1 Å². The van der Waals surface area contributed by atoms with E-state index in [1.54, 1.807) is 0 Å². The summed E-state index contributed by atoms with van der Waals surface area (Å²) in [5.74, 6) is 0.838. The normalized spacial score (nSPS) is 37.5. The number of aliphatic carboxylic acids is 2. The van der Waals surface area contributed by atoms with Gasteiger partial charge in [-0.05, 0) is 80.4 Å². The van der Waals surface area contributed by atoms with Gasteiger partial charge < -0.3 is 21.2 Å². The average molecular weight is 509 g/mol. The van der Waals surface area contributed by atoms with Crippen molar-refractivity contribution in [3.8, 4) is 0 Å². The predicted octanol–water partition coefficient (Wildman–Crippen LogP) is 4.55. The Morgan fingerprint density at radius 1 is 1.14 bits per heavy atom. The molecule has 8 nitrogen and oxygen atoms in total. The fraction of sp³-hybridized carbons (Fsp3) is 0.769. The van der Waals surface area contributed by atoms with E-state index in [4.69, 9.17) is 15.9 Å². The Morgan fingerprint density at radius 3 is 2.51 bits per heavy atom. The lowest BCUT2D eigenvalue weighted by Gasteiger charge is -2.59. The van der Waals surface area contributed by atoms with E-state index in [0.29, 0.717) is 53.7 Å². The van der Waals surface area contributed by atoms with Gasteiger partial charge in [-0.25, -0.2) is 9.59 Å². The van der Waals surface area contributed by atoms with Crippen LogP contribution in [-0.2, 0) is 14.4 Å². The second-order valence-electron chi connectivity index (χ2n) is 11.0. The summed E-state index contributed by atoms with van der Waals surface area (Å²) in [6.45, 7) is 5.14. The van der Waals surface area contributed by atoms with Crippen LogP contribution in [0, 0.1) is 34.5 Å². The van der Waals surface area contributed by atoms with Crippen molar-refractivity contribution in [1.29, 1.82) is 0 Å². The zero-order valence-corrected chi connectivity index (χ0v) is 21.7. The van der Waals surface area contributed by atoms with Crippen LogP contribution in [0.4, 0.5) is 0 Å². The van der Waals surface area contributed by atoms with Crippen LogP contribution in [0.1, 0.15) is 78.1 Å². The van der Waals surface area contributed by atoms with E-state index in [1.807, 2.05) is 0 Å². The lowest BCUT2D eigenvalue weighted by atomic mass is 9.45. The number of ketones is 1. The SMILES string of the molecule is C[C@]12CCCCC1/C(=N/O)C[C@@H]1[C@@H]2CC[C@]2(C)C(=O)CC[C@@H]12.NCCCS/C(=C\C(=O)O)C(=O)O.